The van der Waals surface area contributed by atoms with Crippen LogP contribution in [0.4, 0.5) is 0 Å². The molecule has 0 amide bonds. The van der Waals surface area contributed by atoms with E-state index in [0.29, 0.717) is 0 Å². The van der Waals surface area contributed by atoms with E-state index in [2.05, 4.69) is 23.3 Å². The first-order valence-electron chi connectivity index (χ1n) is 1.66. The topological polar surface area (TPSA) is 15.8 Å². The first-order valence-corrected chi connectivity index (χ1v) is 2.48. The Bertz CT molecular complexity index is 118. The summed E-state index contributed by atoms with van der Waals surface area (Å²) in [7, 11) is 0. The summed E-state index contributed by atoms with van der Waals surface area (Å²) >= 11 is 2.73. The summed E-state index contributed by atoms with van der Waals surface area (Å²) in [6.07, 6.45) is 1.88. The van der Waals surface area contributed by atoms with Crippen LogP contribution in [0.2, 0.25) is 0 Å². The SMILES string of the molecule is [Cl-].[Cl-].[Rh+2][c]1ccc[nH]1. The van der Waals surface area contributed by atoms with Gasteiger partial charge in [-0.3, -0.25) is 0 Å². The summed E-state index contributed by atoms with van der Waals surface area (Å²) in [5, 5.41) is 0. The molecule has 48 valence electrons. The van der Waals surface area contributed by atoms with Crippen molar-refractivity contribution >= 4 is 4.29 Å². The van der Waals surface area contributed by atoms with E-state index >= 15 is 0 Å². The molecule has 0 radical (unpaired) electrons. The summed E-state index contributed by atoms with van der Waals surface area (Å²) in [4.78, 5) is 2.95. The summed E-state index contributed by atoms with van der Waals surface area (Å²) in [6.45, 7) is 0. The predicted octanol–water partition coefficient (Wildman–Crippen LogP) is -5.81. The molecule has 0 aliphatic carbocycles. The molecule has 1 N–H and O–H groups in total. The molecule has 1 aromatic heterocycles. The van der Waals surface area contributed by atoms with Crippen molar-refractivity contribution in [3.05, 3.63) is 18.3 Å². The van der Waals surface area contributed by atoms with E-state index in [1.165, 1.54) is 0 Å². The van der Waals surface area contributed by atoms with Crippen LogP contribution < -0.4 is 29.1 Å². The molecule has 0 bridgehead atoms. The van der Waals surface area contributed by atoms with E-state index in [1.807, 2.05) is 18.3 Å². The second kappa shape index (κ2) is 5.62. The van der Waals surface area contributed by atoms with Crippen molar-refractivity contribution in [2.24, 2.45) is 0 Å². The third kappa shape index (κ3) is 3.48. The van der Waals surface area contributed by atoms with Crippen LogP contribution in [0, 0.1) is 0 Å². The van der Waals surface area contributed by atoms with Gasteiger partial charge in [0.05, 0.1) is 0 Å². The molecule has 0 saturated heterocycles. The fourth-order valence-corrected chi connectivity index (χ4v) is 0.595. The summed E-state index contributed by atoms with van der Waals surface area (Å²) in [5.41, 5.74) is 0. The maximum absolute atomic E-state index is 2.95. The van der Waals surface area contributed by atoms with Crippen molar-refractivity contribution in [1.29, 1.82) is 0 Å². The van der Waals surface area contributed by atoms with Crippen LogP contribution in [0.25, 0.3) is 0 Å². The average Bonchev–Trinajstić information content (AvgIpc) is 1.86. The Balaban J connectivity index is 0. The zero-order chi connectivity index (χ0) is 4.41. The van der Waals surface area contributed by atoms with E-state index in [4.69, 9.17) is 0 Å². The molecule has 0 spiro atoms. The van der Waals surface area contributed by atoms with E-state index < -0.39 is 0 Å². The van der Waals surface area contributed by atoms with Crippen LogP contribution in [-0.4, -0.2) is 4.98 Å². The van der Waals surface area contributed by atoms with Crippen molar-refractivity contribution in [1.82, 2.24) is 4.98 Å². The van der Waals surface area contributed by atoms with Gasteiger partial charge in [-0.05, 0) is 0 Å². The summed E-state index contributed by atoms with van der Waals surface area (Å²) in [6, 6.07) is 3.93. The zero-order valence-electron chi connectivity index (χ0n) is 3.82. The number of hydrogen-bond donors (Lipinski definition) is 1. The first-order chi connectivity index (χ1) is 2.89. The number of halogens is 2. The number of nitrogens with one attached hydrogen (secondary N) is 1. The van der Waals surface area contributed by atoms with E-state index in [1.54, 1.807) is 0 Å². The van der Waals surface area contributed by atoms with E-state index in [-0.39, 0.29) is 24.8 Å². The predicted molar refractivity (Wildman–Crippen MR) is 20.4 cm³/mol. The van der Waals surface area contributed by atoms with Crippen molar-refractivity contribution in [2.45, 2.75) is 0 Å². The van der Waals surface area contributed by atoms with Gasteiger partial charge in [-0.15, -0.1) is 0 Å². The molecule has 1 heterocycles. The maximum atomic E-state index is 2.95. The minimum absolute atomic E-state index is 0. The molecule has 0 aliphatic rings. The van der Waals surface area contributed by atoms with Gasteiger partial charge in [0.25, 0.3) is 0 Å². The van der Waals surface area contributed by atoms with E-state index in [0.717, 1.165) is 4.29 Å². The summed E-state index contributed by atoms with van der Waals surface area (Å²) in [5.74, 6) is 0. The van der Waals surface area contributed by atoms with Gasteiger partial charge in [0.15, 0.2) is 0 Å². The van der Waals surface area contributed by atoms with Gasteiger partial charge in [0.1, 0.15) is 0 Å². The zero-order valence-corrected chi connectivity index (χ0v) is 6.97. The number of aromatic nitrogens is 1. The molecule has 4 heteroatoms. The third-order valence-electron chi connectivity index (χ3n) is 0.546. The van der Waals surface area contributed by atoms with Gasteiger partial charge in [-0.25, -0.2) is 0 Å². The molecule has 0 aliphatic heterocycles. The van der Waals surface area contributed by atoms with Crippen molar-refractivity contribution in [2.75, 3.05) is 0 Å². The molecule has 1 rings (SSSR count). The Morgan fingerprint density at radius 3 is 2.12 bits per heavy atom. The quantitative estimate of drug-likeness (QED) is 0.435. The van der Waals surface area contributed by atoms with Crippen LogP contribution in [-0.2, 0) is 18.3 Å². The van der Waals surface area contributed by atoms with Gasteiger partial charge >= 0.3 is 45.9 Å². The van der Waals surface area contributed by atoms with Crippen molar-refractivity contribution in [3.63, 3.8) is 0 Å². The molecule has 8 heavy (non-hydrogen) atoms. The molecule has 0 saturated carbocycles. The average molecular weight is 240 g/mol. The first kappa shape index (κ1) is 11.3. The van der Waals surface area contributed by atoms with Crippen molar-refractivity contribution < 1.29 is 43.1 Å². The number of rotatable bonds is 0. The Labute approximate surface area is 70.7 Å². The standard InChI is InChI=1S/C4H4N.2ClH.Rh/c1-2-4-5-3-1;;;/h1-3,5H;2*1H;/q;;;+2/p-2. The van der Waals surface area contributed by atoms with Gasteiger partial charge in [-0.1, -0.05) is 0 Å². The molecular weight excluding hydrogens is 236 g/mol. The number of H-pyrrole nitrogens is 1. The van der Waals surface area contributed by atoms with Crippen molar-refractivity contribution in [3.8, 4) is 0 Å². The Morgan fingerprint density at radius 2 is 2.00 bits per heavy atom. The molecule has 0 fully saturated rings. The van der Waals surface area contributed by atoms with Gasteiger partial charge in [0.2, 0.25) is 0 Å². The Morgan fingerprint density at radius 1 is 1.38 bits per heavy atom. The minimum atomic E-state index is 0. The van der Waals surface area contributed by atoms with Gasteiger partial charge in [0, 0.05) is 0 Å². The van der Waals surface area contributed by atoms with Gasteiger partial charge < -0.3 is 24.8 Å². The second-order valence-electron chi connectivity index (χ2n) is 0.994. The molecule has 1 nitrogen and oxygen atoms in total. The van der Waals surface area contributed by atoms with Crippen LogP contribution >= 0.6 is 0 Å². The molecule has 0 aromatic carbocycles. The normalized spacial score (nSPS) is 6.62. The number of aromatic amines is 1. The van der Waals surface area contributed by atoms with Crippen LogP contribution in [0.15, 0.2) is 18.3 Å². The fraction of sp³-hybridized carbons (Fsp3) is 0. The molecule has 0 atom stereocenters. The fourth-order valence-electron chi connectivity index (χ4n) is 0.300. The number of hydrogen-bond acceptors (Lipinski definition) is 0. The molecule has 1 aromatic rings. The third-order valence-corrected chi connectivity index (χ3v) is 1.06. The Kier molecular flexibility index (Phi) is 7.94. The molecule has 0 unspecified atom stereocenters. The molecular formula is C4H4Cl2NRh. The van der Waals surface area contributed by atoms with E-state index in [9.17, 15) is 0 Å². The van der Waals surface area contributed by atoms with Crippen LogP contribution in [0.1, 0.15) is 0 Å². The van der Waals surface area contributed by atoms with Crippen LogP contribution in [0.3, 0.4) is 0 Å². The monoisotopic (exact) mass is 239 g/mol. The summed E-state index contributed by atoms with van der Waals surface area (Å²) < 4.78 is 1.11. The Hall–Kier alpha value is 0.483. The second-order valence-corrected chi connectivity index (χ2v) is 1.88. The van der Waals surface area contributed by atoms with Gasteiger partial charge in [-0.2, -0.15) is 0 Å². The van der Waals surface area contributed by atoms with Crippen LogP contribution in [0.5, 0.6) is 0 Å².